The number of carbonyl (C=O) groups is 1. The van der Waals surface area contributed by atoms with Gasteiger partial charge in [0, 0.05) is 12.3 Å². The summed E-state index contributed by atoms with van der Waals surface area (Å²) in [5, 5.41) is 0. The van der Waals surface area contributed by atoms with E-state index in [1.807, 2.05) is 0 Å². The van der Waals surface area contributed by atoms with Crippen LogP contribution in [-0.2, 0) is 23.7 Å². The topological polar surface area (TPSA) is 109 Å². The van der Waals surface area contributed by atoms with Crippen LogP contribution in [0.5, 0.6) is 0 Å². The van der Waals surface area contributed by atoms with Gasteiger partial charge in [0.1, 0.15) is 17.8 Å². The Hall–Kier alpha value is -1.97. The number of rotatable bonds is 2. The fraction of sp³-hybridized carbons (Fsp3) is 0.688. The predicted octanol–water partition coefficient (Wildman–Crippen LogP) is 0.296. The van der Waals surface area contributed by atoms with Gasteiger partial charge in [-0.15, -0.1) is 0 Å². The molecule has 2 aliphatic rings. The molecule has 0 amide bonds. The molecular weight excluding hydrogens is 332 g/mol. The summed E-state index contributed by atoms with van der Waals surface area (Å²) in [6.45, 7) is 8.67. The van der Waals surface area contributed by atoms with Crippen molar-refractivity contribution in [1.29, 1.82) is 0 Å². The minimum Gasteiger partial charge on any atom is -0.458 e. The second-order valence-electron chi connectivity index (χ2n) is 7.56. The summed E-state index contributed by atoms with van der Waals surface area (Å²) in [6.07, 6.45) is -2.09. The number of carbonyl (C=O) groups excluding carboxylic acids is 1. The van der Waals surface area contributed by atoms with E-state index in [1.54, 1.807) is 34.6 Å². The van der Waals surface area contributed by atoms with Crippen LogP contribution in [0, 0.1) is 0 Å². The molecule has 0 radical (unpaired) electrons. The average Bonchev–Trinajstić information content (AvgIpc) is 2.90. The normalized spacial score (nSPS) is 30.9. The number of nitrogens with one attached hydrogen (secondary N) is 1. The van der Waals surface area contributed by atoms with Crippen LogP contribution in [0.1, 0.15) is 40.8 Å². The van der Waals surface area contributed by atoms with Crippen molar-refractivity contribution >= 4 is 5.97 Å². The van der Waals surface area contributed by atoms with E-state index in [0.717, 1.165) is 0 Å². The summed E-state index contributed by atoms with van der Waals surface area (Å²) >= 11 is 0. The maximum Gasteiger partial charge on any atom is 0.338 e. The van der Waals surface area contributed by atoms with Gasteiger partial charge in [-0.2, -0.15) is 0 Å². The molecular formula is C16H22N2O7. The van der Waals surface area contributed by atoms with Gasteiger partial charge < -0.3 is 18.9 Å². The predicted molar refractivity (Wildman–Crippen MR) is 84.9 cm³/mol. The first-order valence-electron chi connectivity index (χ1n) is 8.02. The summed E-state index contributed by atoms with van der Waals surface area (Å²) in [6, 6.07) is 1.20. The number of esters is 1. The highest BCUT2D eigenvalue weighted by Crippen LogP contribution is 2.43. The third-order valence-corrected chi connectivity index (χ3v) is 3.79. The van der Waals surface area contributed by atoms with Gasteiger partial charge in [0.2, 0.25) is 0 Å². The molecule has 2 saturated heterocycles. The quantitative estimate of drug-likeness (QED) is 0.761. The van der Waals surface area contributed by atoms with Gasteiger partial charge in [0.25, 0.3) is 5.56 Å². The summed E-state index contributed by atoms with van der Waals surface area (Å²) in [7, 11) is 0. The van der Waals surface area contributed by atoms with E-state index in [1.165, 1.54) is 16.8 Å². The summed E-state index contributed by atoms with van der Waals surface area (Å²) in [4.78, 5) is 38.0. The maximum absolute atomic E-state index is 12.5. The van der Waals surface area contributed by atoms with Crippen LogP contribution in [0.3, 0.4) is 0 Å². The van der Waals surface area contributed by atoms with E-state index in [0.29, 0.717) is 0 Å². The summed E-state index contributed by atoms with van der Waals surface area (Å²) < 4.78 is 23.9. The van der Waals surface area contributed by atoms with Crippen molar-refractivity contribution < 1.29 is 23.7 Å². The fourth-order valence-corrected chi connectivity index (χ4v) is 2.98. The standard InChI is InChI=1S/C16H22N2O7/c1-15(2,3)25-13(20)11-9-10(24-16(4,5)23-9)12(22-11)18-7-6-8(19)17-14(18)21/h6-7,9-12H,1-5H3,(H,17,19,21)/t9-,10+,11-,12+/m0/s1. The second-order valence-corrected chi connectivity index (χ2v) is 7.56. The lowest BCUT2D eigenvalue weighted by Crippen LogP contribution is -2.40. The van der Waals surface area contributed by atoms with Crippen LogP contribution in [0.25, 0.3) is 0 Å². The lowest BCUT2D eigenvalue weighted by Gasteiger charge is -2.26. The Morgan fingerprint density at radius 3 is 2.48 bits per heavy atom. The molecule has 0 spiro atoms. The van der Waals surface area contributed by atoms with E-state index in [4.69, 9.17) is 18.9 Å². The average molecular weight is 354 g/mol. The highest BCUT2D eigenvalue weighted by molar-refractivity contribution is 5.76. The van der Waals surface area contributed by atoms with Gasteiger partial charge in [-0.05, 0) is 34.6 Å². The van der Waals surface area contributed by atoms with E-state index in [2.05, 4.69) is 4.98 Å². The van der Waals surface area contributed by atoms with Crippen molar-refractivity contribution in [1.82, 2.24) is 9.55 Å². The first-order valence-corrected chi connectivity index (χ1v) is 8.02. The zero-order valence-corrected chi connectivity index (χ0v) is 14.8. The van der Waals surface area contributed by atoms with Crippen molar-refractivity contribution in [3.05, 3.63) is 33.1 Å². The van der Waals surface area contributed by atoms with Gasteiger partial charge in [0.05, 0.1) is 0 Å². The molecule has 9 heteroatoms. The Bertz CT molecular complexity index is 789. The van der Waals surface area contributed by atoms with Crippen LogP contribution >= 0.6 is 0 Å². The third kappa shape index (κ3) is 3.53. The Morgan fingerprint density at radius 1 is 1.24 bits per heavy atom. The van der Waals surface area contributed by atoms with Gasteiger partial charge in [-0.1, -0.05) is 0 Å². The van der Waals surface area contributed by atoms with E-state index in [-0.39, 0.29) is 0 Å². The van der Waals surface area contributed by atoms with Crippen molar-refractivity contribution in [3.63, 3.8) is 0 Å². The minimum atomic E-state index is -1.05. The minimum absolute atomic E-state index is 0.525. The van der Waals surface area contributed by atoms with E-state index in [9.17, 15) is 14.4 Å². The molecule has 25 heavy (non-hydrogen) atoms. The summed E-state index contributed by atoms with van der Waals surface area (Å²) in [5.74, 6) is -1.53. The SMILES string of the molecule is CC(C)(C)OC(=O)[C@H]1O[C@@H](n2ccc(=O)[nH]c2=O)[C@@H]2OC(C)(C)O[C@@H]21. The Kier molecular flexibility index (Phi) is 4.13. The highest BCUT2D eigenvalue weighted by atomic mass is 16.8. The van der Waals surface area contributed by atoms with Gasteiger partial charge in [-0.25, -0.2) is 9.59 Å². The highest BCUT2D eigenvalue weighted by Gasteiger charge is 2.59. The number of H-pyrrole nitrogens is 1. The van der Waals surface area contributed by atoms with Gasteiger partial charge in [0.15, 0.2) is 18.1 Å². The largest absolute Gasteiger partial charge is 0.458 e. The Labute approximate surface area is 143 Å². The third-order valence-electron chi connectivity index (χ3n) is 3.79. The Balaban J connectivity index is 1.94. The lowest BCUT2D eigenvalue weighted by molar-refractivity contribution is -0.208. The van der Waals surface area contributed by atoms with Crippen molar-refractivity contribution in [2.24, 2.45) is 0 Å². The number of hydrogen-bond acceptors (Lipinski definition) is 7. The van der Waals surface area contributed by atoms with Crippen molar-refractivity contribution in [3.8, 4) is 0 Å². The van der Waals surface area contributed by atoms with Crippen LogP contribution in [0.15, 0.2) is 21.9 Å². The molecule has 0 aliphatic carbocycles. The molecule has 0 bridgehead atoms. The smallest absolute Gasteiger partial charge is 0.338 e. The molecule has 1 aromatic heterocycles. The van der Waals surface area contributed by atoms with Gasteiger partial charge >= 0.3 is 11.7 Å². The first-order chi connectivity index (χ1) is 11.5. The molecule has 4 atom stereocenters. The molecule has 9 nitrogen and oxygen atoms in total. The van der Waals surface area contributed by atoms with Crippen LogP contribution in [0.2, 0.25) is 0 Å². The van der Waals surface area contributed by atoms with Crippen molar-refractivity contribution in [2.45, 2.75) is 70.5 Å². The number of fused-ring (bicyclic) bond motifs is 1. The molecule has 1 aromatic rings. The molecule has 2 fully saturated rings. The van der Waals surface area contributed by atoms with Crippen LogP contribution in [0.4, 0.5) is 0 Å². The molecule has 0 saturated carbocycles. The van der Waals surface area contributed by atoms with E-state index >= 15 is 0 Å². The molecule has 3 heterocycles. The number of aromatic amines is 1. The summed E-state index contributed by atoms with van der Waals surface area (Å²) in [5.41, 5.74) is -1.88. The lowest BCUT2D eigenvalue weighted by atomic mass is 10.1. The molecule has 0 unspecified atom stereocenters. The molecule has 3 rings (SSSR count). The zero-order chi connectivity index (χ0) is 18.6. The fourth-order valence-electron chi connectivity index (χ4n) is 2.98. The van der Waals surface area contributed by atoms with Gasteiger partial charge in [-0.3, -0.25) is 14.3 Å². The molecule has 138 valence electrons. The number of nitrogens with zero attached hydrogens (tertiary/aromatic N) is 1. The maximum atomic E-state index is 12.5. The molecule has 1 N–H and O–H groups in total. The molecule has 2 aliphatic heterocycles. The first kappa shape index (κ1) is 17.8. The number of hydrogen-bond donors (Lipinski definition) is 1. The van der Waals surface area contributed by atoms with Crippen LogP contribution < -0.4 is 11.2 Å². The zero-order valence-electron chi connectivity index (χ0n) is 14.8. The van der Waals surface area contributed by atoms with E-state index < -0.39 is 53.1 Å². The Morgan fingerprint density at radius 2 is 1.88 bits per heavy atom. The molecule has 0 aromatic carbocycles. The second kappa shape index (κ2) is 5.79. The van der Waals surface area contributed by atoms with Crippen molar-refractivity contribution in [2.75, 3.05) is 0 Å². The number of aromatic nitrogens is 2. The monoisotopic (exact) mass is 354 g/mol. The number of ether oxygens (including phenoxy) is 4. The van der Waals surface area contributed by atoms with Crippen LogP contribution in [-0.4, -0.2) is 45.2 Å².